The van der Waals surface area contributed by atoms with Gasteiger partial charge in [-0.05, 0) is 61.4 Å². The zero-order valence-electron chi connectivity index (χ0n) is 21.6. The molecule has 6 rings (SSSR count). The number of aromatic nitrogens is 1. The second-order valence-corrected chi connectivity index (χ2v) is 10.4. The number of urea groups is 1. The van der Waals surface area contributed by atoms with Gasteiger partial charge in [0.05, 0.1) is 22.4 Å². The number of pyridine rings is 1. The van der Waals surface area contributed by atoms with E-state index in [1.807, 2.05) is 55.5 Å². The van der Waals surface area contributed by atoms with Crippen LogP contribution in [0.1, 0.15) is 29.1 Å². The molecule has 41 heavy (non-hydrogen) atoms. The minimum atomic E-state index is -0.370. The molecule has 4 amide bonds. The van der Waals surface area contributed by atoms with E-state index in [9.17, 15) is 14.4 Å². The summed E-state index contributed by atoms with van der Waals surface area (Å²) in [7, 11) is 0. The molecule has 1 saturated heterocycles. The average molecular weight is 590 g/mol. The zero-order valence-corrected chi connectivity index (χ0v) is 23.5. The number of carbonyl (C=O) groups excluding carboxylic acids is 3. The van der Waals surface area contributed by atoms with Crippen LogP contribution in [0.3, 0.4) is 0 Å². The number of rotatable bonds is 6. The number of ether oxygens (including phenoxy) is 1. The summed E-state index contributed by atoms with van der Waals surface area (Å²) in [6.07, 6.45) is 3.57. The highest BCUT2D eigenvalue weighted by Gasteiger charge is 2.34. The summed E-state index contributed by atoms with van der Waals surface area (Å²) >= 11 is 1.23. The number of nitrogens with zero attached hydrogens (tertiary/aromatic N) is 3. The molecule has 0 saturated carbocycles. The lowest BCUT2D eigenvalue weighted by Gasteiger charge is -2.29. The molecule has 11 heteroatoms. The molecule has 4 aromatic rings. The molecule has 0 spiro atoms. The summed E-state index contributed by atoms with van der Waals surface area (Å²) in [5.41, 5.74) is 2.65. The number of hydrogen-bond donors (Lipinski definition) is 2. The molecule has 0 radical (unpaired) electrons. The Labute approximate surface area is 249 Å². The van der Waals surface area contributed by atoms with E-state index in [-0.39, 0.29) is 44.8 Å². The van der Waals surface area contributed by atoms with Gasteiger partial charge in [0, 0.05) is 25.3 Å². The average Bonchev–Trinajstić information content (AvgIpc) is 3.55. The first-order valence-corrected chi connectivity index (χ1v) is 13.3. The number of hydrogen-bond acceptors (Lipinski definition) is 6. The van der Waals surface area contributed by atoms with Gasteiger partial charge in [-0.25, -0.2) is 9.78 Å². The van der Waals surface area contributed by atoms with Gasteiger partial charge in [0.15, 0.2) is 0 Å². The summed E-state index contributed by atoms with van der Waals surface area (Å²) in [5.74, 6) is 0.932. The Morgan fingerprint density at radius 2 is 1.93 bits per heavy atom. The number of aryl methyl sites for hydroxylation is 1. The van der Waals surface area contributed by atoms with Crippen molar-refractivity contribution in [1.82, 2.24) is 15.2 Å². The van der Waals surface area contributed by atoms with E-state index < -0.39 is 0 Å². The van der Waals surface area contributed by atoms with Crippen LogP contribution < -0.4 is 20.3 Å². The number of likely N-dealkylation sites (tertiary alicyclic amines) is 1. The highest BCUT2D eigenvalue weighted by molar-refractivity contribution is 7.59. The second kappa shape index (κ2) is 12.0. The van der Waals surface area contributed by atoms with Crippen LogP contribution in [0, 0.1) is 6.92 Å². The quantitative estimate of drug-likeness (QED) is 0.255. The van der Waals surface area contributed by atoms with Gasteiger partial charge in [-0.15, -0.1) is 11.3 Å². The number of amides is 4. The number of para-hydroxylation sites is 1. The van der Waals surface area contributed by atoms with Crippen molar-refractivity contribution in [3.8, 4) is 11.5 Å². The number of benzene rings is 2. The maximum absolute atomic E-state index is 13.5. The van der Waals surface area contributed by atoms with Gasteiger partial charge in [-0.1, -0.05) is 32.2 Å². The minimum absolute atomic E-state index is 0. The summed E-state index contributed by atoms with van der Waals surface area (Å²) in [6.45, 7) is 6.42. The summed E-state index contributed by atoms with van der Waals surface area (Å²) in [6, 6.07) is 16.3. The predicted molar refractivity (Wildman–Crippen MR) is 168 cm³/mol. The lowest BCUT2D eigenvalue weighted by atomic mass is 10.1. The molecule has 2 N–H and O–H groups in total. The monoisotopic (exact) mass is 589 g/mol. The highest BCUT2D eigenvalue weighted by atomic mass is 32.1. The maximum atomic E-state index is 13.5. The van der Waals surface area contributed by atoms with Crippen molar-refractivity contribution in [2.75, 3.05) is 23.3 Å². The van der Waals surface area contributed by atoms with Gasteiger partial charge in [0.25, 0.3) is 5.91 Å². The third-order valence-electron chi connectivity index (χ3n) is 6.85. The third-order valence-corrected chi connectivity index (χ3v) is 7.95. The zero-order chi connectivity index (χ0) is 27.1. The molecule has 212 valence electrons. The van der Waals surface area contributed by atoms with Crippen molar-refractivity contribution in [2.45, 2.75) is 26.8 Å². The van der Waals surface area contributed by atoms with E-state index >= 15 is 0 Å². The predicted octanol–water partition coefficient (Wildman–Crippen LogP) is 6.35. The van der Waals surface area contributed by atoms with Crippen LogP contribution in [0.5, 0.6) is 11.5 Å². The van der Waals surface area contributed by atoms with E-state index in [0.29, 0.717) is 57.4 Å². The van der Waals surface area contributed by atoms with Gasteiger partial charge >= 0.3 is 6.03 Å². The Hall–Kier alpha value is -4.35. The van der Waals surface area contributed by atoms with E-state index in [1.54, 1.807) is 22.1 Å². The Morgan fingerprint density at radius 3 is 2.66 bits per heavy atom. The van der Waals surface area contributed by atoms with Crippen molar-refractivity contribution < 1.29 is 19.1 Å². The highest BCUT2D eigenvalue weighted by Crippen LogP contribution is 2.46. The summed E-state index contributed by atoms with van der Waals surface area (Å²) in [4.78, 5) is 47.5. The van der Waals surface area contributed by atoms with E-state index in [1.165, 1.54) is 17.4 Å². The fourth-order valence-corrected chi connectivity index (χ4v) is 6.03. The Bertz CT molecular complexity index is 1640. The number of nitrogens with one attached hydrogen (secondary N) is 2. The van der Waals surface area contributed by atoms with E-state index in [4.69, 9.17) is 4.74 Å². The smallest absolute Gasteiger partial charge is 0.331 e. The van der Waals surface area contributed by atoms with Crippen LogP contribution in [-0.4, -0.2) is 46.9 Å². The van der Waals surface area contributed by atoms with Crippen molar-refractivity contribution in [3.05, 3.63) is 83.9 Å². The molecule has 2 aliphatic heterocycles. The van der Waals surface area contributed by atoms with Crippen LogP contribution >= 0.6 is 24.8 Å². The van der Waals surface area contributed by atoms with Crippen LogP contribution in [0.15, 0.2) is 73.4 Å². The van der Waals surface area contributed by atoms with Crippen LogP contribution in [0.4, 0.5) is 21.9 Å². The first-order chi connectivity index (χ1) is 18.9. The van der Waals surface area contributed by atoms with E-state index in [0.717, 1.165) is 11.3 Å². The lowest BCUT2D eigenvalue weighted by molar-refractivity contribution is -0.125. The first kappa shape index (κ1) is 29.6. The number of anilines is 3. The molecule has 1 fully saturated rings. The van der Waals surface area contributed by atoms with Crippen molar-refractivity contribution >= 4 is 70.0 Å². The Kier molecular flexibility index (Phi) is 8.69. The molecule has 2 aromatic carbocycles. The molecule has 2 aromatic heterocycles. The SMILES string of the molecule is C.C=CC(=O)N1CC[C@H](NC(=O)c2sc3nccc4c3c2NC(=O)N4c2ccc(Oc3ccccc3)cc2C)C1.S. The fraction of sp³-hybridized carbons (Fsp3) is 0.200. The molecule has 9 nitrogen and oxygen atoms in total. The van der Waals surface area contributed by atoms with Crippen LogP contribution in [0.25, 0.3) is 10.2 Å². The lowest BCUT2D eigenvalue weighted by Crippen LogP contribution is -2.39. The molecule has 4 heterocycles. The molecule has 0 bridgehead atoms. The summed E-state index contributed by atoms with van der Waals surface area (Å²) < 4.78 is 5.95. The van der Waals surface area contributed by atoms with Crippen LogP contribution in [0.2, 0.25) is 0 Å². The van der Waals surface area contributed by atoms with Gasteiger partial charge in [-0.2, -0.15) is 13.5 Å². The Morgan fingerprint density at radius 1 is 1.15 bits per heavy atom. The molecular formula is C30H31N5O4S2. The summed E-state index contributed by atoms with van der Waals surface area (Å²) in [5, 5.41) is 6.66. The fourth-order valence-electron chi connectivity index (χ4n) is 5.01. The van der Waals surface area contributed by atoms with E-state index in [2.05, 4.69) is 22.2 Å². The van der Waals surface area contributed by atoms with Gasteiger partial charge in [0.2, 0.25) is 5.91 Å². The molecule has 2 aliphatic rings. The van der Waals surface area contributed by atoms with Gasteiger partial charge in [0.1, 0.15) is 21.2 Å². The normalized spacial score (nSPS) is 15.4. The topological polar surface area (TPSA) is 104 Å². The molecule has 1 atom stereocenters. The molecule has 0 unspecified atom stereocenters. The number of thiophene rings is 1. The van der Waals surface area contributed by atoms with Crippen molar-refractivity contribution in [3.63, 3.8) is 0 Å². The molecule has 0 aliphatic carbocycles. The van der Waals surface area contributed by atoms with Crippen molar-refractivity contribution in [2.24, 2.45) is 0 Å². The first-order valence-electron chi connectivity index (χ1n) is 12.5. The largest absolute Gasteiger partial charge is 0.457 e. The van der Waals surface area contributed by atoms with Crippen LogP contribution in [-0.2, 0) is 4.79 Å². The van der Waals surface area contributed by atoms with Gasteiger partial charge < -0.3 is 20.3 Å². The standard InChI is InChI=1S/C29H25N5O4S.CH4.H2S/c1-3-23(35)33-14-12-18(16-33)31-27(36)26-25-24-22(11-13-30-28(24)39-26)34(29(37)32-25)21-10-9-20(15-17(21)2)38-19-7-5-4-6-8-19;;/h3-11,13,15,18H,1,12,14,16H2,2H3,(H,31,36)(H,32,37);1H4;1H2/t18-;;/m0../s1. The number of carbonyl (C=O) groups is 3. The maximum Gasteiger partial charge on any atom is 0.331 e. The minimum Gasteiger partial charge on any atom is -0.457 e. The third kappa shape index (κ3) is 5.50. The molecular weight excluding hydrogens is 558 g/mol. The van der Waals surface area contributed by atoms with Gasteiger partial charge in [-0.3, -0.25) is 14.5 Å². The van der Waals surface area contributed by atoms with Crippen molar-refractivity contribution in [1.29, 1.82) is 0 Å². The Balaban J connectivity index is 0.00000194. The second-order valence-electron chi connectivity index (χ2n) is 9.39.